The average molecular weight is 328 g/mol. The van der Waals surface area contributed by atoms with Crippen molar-refractivity contribution in [3.05, 3.63) is 42.5 Å². The molecule has 0 radical (unpaired) electrons. The molecule has 7 heteroatoms. The third-order valence-corrected chi connectivity index (χ3v) is 3.87. The van der Waals surface area contributed by atoms with Crippen molar-refractivity contribution in [1.82, 2.24) is 14.9 Å². The minimum Gasteiger partial charge on any atom is -0.478 e. The van der Waals surface area contributed by atoms with Gasteiger partial charge in [-0.05, 0) is 31.9 Å². The zero-order valence-electron chi connectivity index (χ0n) is 13.5. The molecule has 0 fully saturated rings. The molecule has 1 aliphatic rings. The van der Waals surface area contributed by atoms with Crippen LogP contribution in [-0.4, -0.2) is 34.0 Å². The summed E-state index contributed by atoms with van der Waals surface area (Å²) < 4.78 is 7.60. The molecule has 0 spiro atoms. The molecule has 0 saturated carbocycles. The van der Waals surface area contributed by atoms with E-state index in [-0.39, 0.29) is 11.8 Å². The number of carbonyl (C=O) groups is 2. The first-order valence-electron chi connectivity index (χ1n) is 7.99. The van der Waals surface area contributed by atoms with Crippen molar-refractivity contribution in [3.8, 4) is 5.75 Å². The summed E-state index contributed by atoms with van der Waals surface area (Å²) in [7, 11) is 0. The molecule has 2 N–H and O–H groups in total. The lowest BCUT2D eigenvalue weighted by Gasteiger charge is -2.25. The number of benzene rings is 1. The second kappa shape index (κ2) is 7.16. The number of amides is 2. The lowest BCUT2D eigenvalue weighted by Crippen LogP contribution is -2.36. The van der Waals surface area contributed by atoms with Gasteiger partial charge in [-0.1, -0.05) is 6.07 Å². The van der Waals surface area contributed by atoms with Gasteiger partial charge in [0.1, 0.15) is 0 Å². The molecule has 1 aromatic carbocycles. The van der Waals surface area contributed by atoms with Crippen molar-refractivity contribution < 1.29 is 14.3 Å². The van der Waals surface area contributed by atoms with E-state index in [0.717, 1.165) is 19.4 Å². The highest BCUT2D eigenvalue weighted by Crippen LogP contribution is 2.33. The smallest absolute Gasteiger partial charge is 0.265 e. The number of nitrogens with zero attached hydrogens (tertiary/aromatic N) is 2. The Balaban J connectivity index is 1.54. The van der Waals surface area contributed by atoms with Gasteiger partial charge in [-0.25, -0.2) is 4.98 Å². The Hall–Kier alpha value is -2.83. The molecule has 1 atom stereocenters. The molecular weight excluding hydrogens is 308 g/mol. The summed E-state index contributed by atoms with van der Waals surface area (Å²) in [5.74, 6) is 0.0258. The van der Waals surface area contributed by atoms with Gasteiger partial charge in [0.2, 0.25) is 0 Å². The molecule has 7 nitrogen and oxygen atoms in total. The van der Waals surface area contributed by atoms with E-state index in [1.165, 1.54) is 0 Å². The van der Waals surface area contributed by atoms with Crippen molar-refractivity contribution in [2.75, 3.05) is 11.9 Å². The van der Waals surface area contributed by atoms with Crippen LogP contribution < -0.4 is 15.4 Å². The van der Waals surface area contributed by atoms with Crippen molar-refractivity contribution in [2.24, 2.45) is 0 Å². The number of hydrogen-bond donors (Lipinski definition) is 2. The van der Waals surface area contributed by atoms with Gasteiger partial charge >= 0.3 is 0 Å². The van der Waals surface area contributed by atoms with Crippen molar-refractivity contribution >= 4 is 17.5 Å². The Morgan fingerprint density at radius 1 is 1.42 bits per heavy atom. The predicted molar refractivity (Wildman–Crippen MR) is 89.0 cm³/mol. The second-order valence-corrected chi connectivity index (χ2v) is 5.70. The van der Waals surface area contributed by atoms with Crippen molar-refractivity contribution in [2.45, 2.75) is 32.4 Å². The summed E-state index contributed by atoms with van der Waals surface area (Å²) in [6.07, 6.45) is 6.66. The first kappa shape index (κ1) is 16.0. The lowest BCUT2D eigenvalue weighted by molar-refractivity contribution is -0.122. The maximum Gasteiger partial charge on any atom is 0.265 e. The van der Waals surface area contributed by atoms with Gasteiger partial charge in [0.25, 0.3) is 11.8 Å². The van der Waals surface area contributed by atoms with Gasteiger partial charge in [-0.15, -0.1) is 0 Å². The number of rotatable bonds is 6. The van der Waals surface area contributed by atoms with E-state index in [0.29, 0.717) is 23.5 Å². The summed E-state index contributed by atoms with van der Waals surface area (Å²) in [6.45, 7) is 3.12. The topological polar surface area (TPSA) is 85.2 Å². The fourth-order valence-electron chi connectivity index (χ4n) is 2.54. The van der Waals surface area contributed by atoms with E-state index in [1.54, 1.807) is 37.6 Å². The number of aryl methyl sites for hydroxylation is 1. The SMILES string of the molecule is C[C@H]1Oc2c(cccc2C(=O)NCCCCn2ccnc2)NC1=O. The highest BCUT2D eigenvalue weighted by molar-refractivity contribution is 6.03. The minimum atomic E-state index is -0.610. The number of carbonyl (C=O) groups excluding carboxylic acids is 2. The van der Waals surface area contributed by atoms with Crippen LogP contribution in [0.15, 0.2) is 36.9 Å². The molecule has 2 aromatic rings. The maximum absolute atomic E-state index is 12.4. The number of anilines is 1. The number of ether oxygens (including phenoxy) is 1. The third-order valence-electron chi connectivity index (χ3n) is 3.87. The fourth-order valence-corrected chi connectivity index (χ4v) is 2.54. The summed E-state index contributed by atoms with van der Waals surface area (Å²) in [5, 5.41) is 5.64. The van der Waals surface area contributed by atoms with E-state index in [4.69, 9.17) is 4.74 Å². The quantitative estimate of drug-likeness (QED) is 0.792. The van der Waals surface area contributed by atoms with Crippen LogP contribution in [0, 0.1) is 0 Å². The van der Waals surface area contributed by atoms with Crippen LogP contribution in [0.1, 0.15) is 30.1 Å². The first-order chi connectivity index (χ1) is 11.6. The molecule has 0 aliphatic carbocycles. The molecule has 126 valence electrons. The Labute approximate surface area is 140 Å². The van der Waals surface area contributed by atoms with Gasteiger partial charge in [0.15, 0.2) is 11.9 Å². The Morgan fingerprint density at radius 3 is 3.08 bits per heavy atom. The Morgan fingerprint density at radius 2 is 2.29 bits per heavy atom. The molecule has 0 saturated heterocycles. The zero-order valence-corrected chi connectivity index (χ0v) is 13.5. The molecule has 24 heavy (non-hydrogen) atoms. The molecule has 2 amide bonds. The number of para-hydroxylation sites is 1. The summed E-state index contributed by atoms with van der Waals surface area (Å²) in [6, 6.07) is 5.15. The largest absolute Gasteiger partial charge is 0.478 e. The zero-order chi connectivity index (χ0) is 16.9. The fraction of sp³-hybridized carbons (Fsp3) is 0.353. The van der Waals surface area contributed by atoms with E-state index >= 15 is 0 Å². The summed E-state index contributed by atoms with van der Waals surface area (Å²) >= 11 is 0. The van der Waals surface area contributed by atoms with Gasteiger partial charge < -0.3 is 19.9 Å². The van der Waals surface area contributed by atoms with Crippen LogP contribution in [0.2, 0.25) is 0 Å². The lowest BCUT2D eigenvalue weighted by atomic mass is 10.1. The molecule has 1 aromatic heterocycles. The summed E-state index contributed by atoms with van der Waals surface area (Å²) in [4.78, 5) is 28.0. The standard InChI is InChI=1S/C17H20N4O3/c1-12-16(22)20-14-6-4-5-13(15(14)24-12)17(23)19-7-2-3-9-21-10-8-18-11-21/h4-6,8,10-12H,2-3,7,9H2,1H3,(H,19,23)(H,20,22)/t12-/m1/s1. The van der Waals surface area contributed by atoms with Crippen molar-refractivity contribution in [3.63, 3.8) is 0 Å². The number of hydrogen-bond acceptors (Lipinski definition) is 4. The van der Waals surface area contributed by atoms with Crippen LogP contribution in [0.25, 0.3) is 0 Å². The van der Waals surface area contributed by atoms with Crippen LogP contribution >= 0.6 is 0 Å². The molecule has 0 bridgehead atoms. The summed E-state index contributed by atoms with van der Waals surface area (Å²) in [5.41, 5.74) is 0.972. The highest BCUT2D eigenvalue weighted by atomic mass is 16.5. The van der Waals surface area contributed by atoms with Crippen molar-refractivity contribution in [1.29, 1.82) is 0 Å². The first-order valence-corrected chi connectivity index (χ1v) is 7.99. The Kier molecular flexibility index (Phi) is 4.79. The Bertz CT molecular complexity index is 727. The van der Waals surface area contributed by atoms with E-state index in [9.17, 15) is 9.59 Å². The molecule has 2 heterocycles. The normalized spacial score (nSPS) is 16.0. The van der Waals surface area contributed by atoms with Gasteiger partial charge in [0.05, 0.1) is 17.6 Å². The second-order valence-electron chi connectivity index (χ2n) is 5.70. The molecular formula is C17H20N4O3. The molecule has 0 unspecified atom stereocenters. The van der Waals surface area contributed by atoms with Gasteiger partial charge in [-0.2, -0.15) is 0 Å². The number of nitrogens with one attached hydrogen (secondary N) is 2. The minimum absolute atomic E-state index is 0.196. The highest BCUT2D eigenvalue weighted by Gasteiger charge is 2.27. The van der Waals surface area contributed by atoms with E-state index in [2.05, 4.69) is 15.6 Å². The van der Waals surface area contributed by atoms with Gasteiger partial charge in [-0.3, -0.25) is 9.59 Å². The number of fused-ring (bicyclic) bond motifs is 1. The number of imidazole rings is 1. The number of aromatic nitrogens is 2. The van der Waals surface area contributed by atoms with Gasteiger partial charge in [0, 0.05) is 25.5 Å². The average Bonchev–Trinajstić information content (AvgIpc) is 3.08. The van der Waals surface area contributed by atoms with Crippen LogP contribution in [0.4, 0.5) is 5.69 Å². The molecule has 1 aliphatic heterocycles. The monoisotopic (exact) mass is 328 g/mol. The van der Waals surface area contributed by atoms with Crippen LogP contribution in [-0.2, 0) is 11.3 Å². The van der Waals surface area contributed by atoms with E-state index in [1.807, 2.05) is 10.8 Å². The third kappa shape index (κ3) is 3.56. The predicted octanol–water partition coefficient (Wildman–Crippen LogP) is 1.81. The number of unbranched alkanes of at least 4 members (excludes halogenated alkanes) is 1. The maximum atomic E-state index is 12.4. The van der Waals surface area contributed by atoms with Crippen LogP contribution in [0.5, 0.6) is 5.75 Å². The van der Waals surface area contributed by atoms with Crippen LogP contribution in [0.3, 0.4) is 0 Å². The molecule has 3 rings (SSSR count). The van der Waals surface area contributed by atoms with E-state index < -0.39 is 6.10 Å².